The van der Waals surface area contributed by atoms with E-state index in [1.807, 2.05) is 0 Å². The van der Waals surface area contributed by atoms with Gasteiger partial charge in [0.25, 0.3) is 11.1 Å². The lowest BCUT2D eigenvalue weighted by molar-refractivity contribution is 0.102. The molecule has 0 spiro atoms. The molecule has 10 heteroatoms. The zero-order valence-corrected chi connectivity index (χ0v) is 17.3. The third-order valence-corrected chi connectivity index (χ3v) is 7.43. The third kappa shape index (κ3) is 4.14. The van der Waals surface area contributed by atoms with Gasteiger partial charge in [-0.1, -0.05) is 23.9 Å². The molecular weight excluding hydrogens is 414 g/mol. The number of aromatic nitrogens is 2. The number of thioether (sulfide) groups is 1. The van der Waals surface area contributed by atoms with Gasteiger partial charge in [0.1, 0.15) is 5.76 Å². The highest BCUT2D eigenvalue weighted by molar-refractivity contribution is 7.99. The number of carbonyl (C=O) groups excluding carboxylic acids is 1. The highest BCUT2D eigenvalue weighted by atomic mass is 32.2. The molecule has 1 saturated heterocycles. The lowest BCUT2D eigenvalue weighted by atomic mass is 10.1. The van der Waals surface area contributed by atoms with Crippen LogP contribution in [0.4, 0.5) is 0 Å². The van der Waals surface area contributed by atoms with Gasteiger partial charge in [-0.15, -0.1) is 10.2 Å². The van der Waals surface area contributed by atoms with Crippen LogP contribution >= 0.6 is 11.8 Å². The highest BCUT2D eigenvalue weighted by Crippen LogP contribution is 2.27. The van der Waals surface area contributed by atoms with Crippen molar-refractivity contribution in [3.8, 4) is 11.5 Å². The quantitative estimate of drug-likeness (QED) is 0.412. The van der Waals surface area contributed by atoms with Gasteiger partial charge in [0.15, 0.2) is 5.78 Å². The zero-order valence-electron chi connectivity index (χ0n) is 15.7. The Morgan fingerprint density at radius 1 is 1.14 bits per heavy atom. The Morgan fingerprint density at radius 2 is 1.86 bits per heavy atom. The number of carbonyl (C=O) groups is 1. The molecule has 0 unspecified atom stereocenters. The summed E-state index contributed by atoms with van der Waals surface area (Å²) in [7, 11) is -3.48. The first-order valence-electron chi connectivity index (χ1n) is 9.09. The normalized spacial score (nSPS) is 15.1. The van der Waals surface area contributed by atoms with Crippen LogP contribution in [-0.2, 0) is 10.0 Å². The molecule has 0 N–H and O–H groups in total. The topological polar surface area (TPSA) is 107 Å². The molecule has 0 amide bonds. The van der Waals surface area contributed by atoms with E-state index in [-0.39, 0.29) is 21.7 Å². The van der Waals surface area contributed by atoms with Crippen molar-refractivity contribution < 1.29 is 22.0 Å². The summed E-state index contributed by atoms with van der Waals surface area (Å²) >= 11 is 1.13. The second-order valence-corrected chi connectivity index (χ2v) is 9.48. The first-order valence-corrected chi connectivity index (χ1v) is 11.5. The van der Waals surface area contributed by atoms with E-state index in [9.17, 15) is 13.2 Å². The minimum atomic E-state index is -3.48. The van der Waals surface area contributed by atoms with E-state index in [2.05, 4.69) is 10.2 Å². The van der Waals surface area contributed by atoms with Gasteiger partial charge >= 0.3 is 0 Å². The van der Waals surface area contributed by atoms with Gasteiger partial charge in [-0.25, -0.2) is 8.42 Å². The van der Waals surface area contributed by atoms with E-state index < -0.39 is 10.0 Å². The molecule has 1 aliphatic heterocycles. The van der Waals surface area contributed by atoms with Crippen molar-refractivity contribution in [2.75, 3.05) is 18.8 Å². The van der Waals surface area contributed by atoms with Gasteiger partial charge in [-0.05, 0) is 38.0 Å². The van der Waals surface area contributed by atoms with Gasteiger partial charge in [-0.3, -0.25) is 4.79 Å². The van der Waals surface area contributed by atoms with Crippen LogP contribution in [0.15, 0.2) is 55.5 Å². The van der Waals surface area contributed by atoms with Crippen molar-refractivity contribution in [2.24, 2.45) is 0 Å². The standard InChI is InChI=1S/C19H19N3O5S2/c1-13-16(8-11-26-13)18-20-21-19(27-18)28-12-17(23)14-4-6-15(7-5-14)29(24,25)22-9-2-3-10-22/h4-8,11H,2-3,9-10,12H2,1H3. The molecule has 8 nitrogen and oxygen atoms in total. The lowest BCUT2D eigenvalue weighted by Gasteiger charge is -2.15. The molecule has 3 heterocycles. The van der Waals surface area contributed by atoms with E-state index in [1.54, 1.807) is 31.4 Å². The van der Waals surface area contributed by atoms with Gasteiger partial charge < -0.3 is 8.83 Å². The van der Waals surface area contributed by atoms with Crippen molar-refractivity contribution in [2.45, 2.75) is 29.9 Å². The largest absolute Gasteiger partial charge is 0.469 e. The maximum absolute atomic E-state index is 12.6. The van der Waals surface area contributed by atoms with Gasteiger partial charge in [0.2, 0.25) is 10.0 Å². The number of ketones is 1. The number of aryl methyl sites for hydroxylation is 1. The fourth-order valence-corrected chi connectivity index (χ4v) is 5.26. The monoisotopic (exact) mass is 433 g/mol. The first-order chi connectivity index (χ1) is 13.9. The van der Waals surface area contributed by atoms with Crippen molar-refractivity contribution >= 4 is 27.6 Å². The molecule has 0 saturated carbocycles. The number of Topliss-reactive ketones (excluding diaryl/α,β-unsaturated/α-hetero) is 1. The van der Waals surface area contributed by atoms with E-state index in [1.165, 1.54) is 16.4 Å². The number of hydrogen-bond acceptors (Lipinski definition) is 8. The average molecular weight is 434 g/mol. The fraction of sp³-hybridized carbons (Fsp3) is 0.316. The molecule has 4 rings (SSSR count). The first kappa shape index (κ1) is 19.9. The summed E-state index contributed by atoms with van der Waals surface area (Å²) in [5.41, 5.74) is 1.15. The van der Waals surface area contributed by atoms with E-state index in [0.717, 1.165) is 24.6 Å². The summed E-state index contributed by atoms with van der Waals surface area (Å²) in [4.78, 5) is 12.6. The predicted molar refractivity (Wildman–Crippen MR) is 106 cm³/mol. The number of furan rings is 1. The zero-order chi connectivity index (χ0) is 20.4. The van der Waals surface area contributed by atoms with Crippen LogP contribution in [0, 0.1) is 6.92 Å². The molecule has 1 aliphatic rings. The molecule has 29 heavy (non-hydrogen) atoms. The van der Waals surface area contributed by atoms with Gasteiger partial charge in [-0.2, -0.15) is 4.31 Å². The van der Waals surface area contributed by atoms with Crippen molar-refractivity contribution in [1.29, 1.82) is 0 Å². The second kappa shape index (κ2) is 8.13. The Balaban J connectivity index is 1.39. The van der Waals surface area contributed by atoms with Crippen LogP contribution in [-0.4, -0.2) is 47.5 Å². The summed E-state index contributed by atoms with van der Waals surface area (Å²) in [6.45, 7) is 2.89. The highest BCUT2D eigenvalue weighted by Gasteiger charge is 2.27. The number of nitrogens with zero attached hydrogens (tertiary/aromatic N) is 3. The molecule has 0 radical (unpaired) electrons. The third-order valence-electron chi connectivity index (χ3n) is 4.70. The molecule has 1 aromatic carbocycles. The average Bonchev–Trinajstić information content (AvgIpc) is 3.47. The SMILES string of the molecule is Cc1occc1-c1nnc(SCC(=O)c2ccc(S(=O)(=O)N3CCCC3)cc2)o1. The van der Waals surface area contributed by atoms with Crippen molar-refractivity contribution in [3.05, 3.63) is 47.9 Å². The summed E-state index contributed by atoms with van der Waals surface area (Å²) in [6.07, 6.45) is 3.30. The minimum Gasteiger partial charge on any atom is -0.469 e. The predicted octanol–water partition coefficient (Wildman–Crippen LogP) is 3.40. The van der Waals surface area contributed by atoms with Crippen molar-refractivity contribution in [1.82, 2.24) is 14.5 Å². The lowest BCUT2D eigenvalue weighted by Crippen LogP contribution is -2.27. The molecule has 3 aromatic rings. The summed E-state index contributed by atoms with van der Waals surface area (Å²) in [5, 5.41) is 8.18. The maximum atomic E-state index is 12.6. The van der Waals surface area contributed by atoms with Crippen LogP contribution in [0.2, 0.25) is 0 Å². The molecule has 152 valence electrons. The van der Waals surface area contributed by atoms with Crippen LogP contribution in [0.1, 0.15) is 29.0 Å². The van der Waals surface area contributed by atoms with E-state index in [4.69, 9.17) is 8.83 Å². The number of sulfonamides is 1. The molecule has 0 aliphatic carbocycles. The fourth-order valence-electron chi connectivity index (χ4n) is 3.08. The Bertz CT molecular complexity index is 1110. The molecule has 1 fully saturated rings. The van der Waals surface area contributed by atoms with E-state index >= 15 is 0 Å². The molecular formula is C19H19N3O5S2. The van der Waals surface area contributed by atoms with Crippen LogP contribution in [0.3, 0.4) is 0 Å². The van der Waals surface area contributed by atoms with Gasteiger partial charge in [0.05, 0.1) is 22.5 Å². The molecule has 2 aromatic heterocycles. The maximum Gasteiger partial charge on any atom is 0.277 e. The summed E-state index contributed by atoms with van der Waals surface area (Å²) < 4.78 is 37.4. The van der Waals surface area contributed by atoms with E-state index in [0.29, 0.717) is 35.9 Å². The second-order valence-electron chi connectivity index (χ2n) is 6.61. The summed E-state index contributed by atoms with van der Waals surface area (Å²) in [5.74, 6) is 0.955. The van der Waals surface area contributed by atoms with Crippen molar-refractivity contribution in [3.63, 3.8) is 0 Å². The molecule has 0 atom stereocenters. The van der Waals surface area contributed by atoms with Crippen LogP contribution in [0.25, 0.3) is 11.5 Å². The minimum absolute atomic E-state index is 0.101. The summed E-state index contributed by atoms with van der Waals surface area (Å²) in [6, 6.07) is 7.79. The Hall–Kier alpha value is -2.43. The number of rotatable bonds is 7. The van der Waals surface area contributed by atoms with Crippen LogP contribution in [0.5, 0.6) is 0 Å². The van der Waals surface area contributed by atoms with Crippen LogP contribution < -0.4 is 0 Å². The molecule has 0 bridgehead atoms. The number of hydrogen-bond donors (Lipinski definition) is 0. The number of benzene rings is 1. The Labute approximate surface area is 172 Å². The smallest absolute Gasteiger partial charge is 0.277 e. The van der Waals surface area contributed by atoms with Gasteiger partial charge in [0, 0.05) is 18.7 Å². The Morgan fingerprint density at radius 3 is 2.52 bits per heavy atom. The Kier molecular flexibility index (Phi) is 5.57.